The number of hydrogen-bond donors (Lipinski definition) is 3. The average Bonchev–Trinajstić information content (AvgIpc) is 1.35. The fraction of sp³-hybridized carbons (Fsp3) is 0. The highest BCUT2D eigenvalue weighted by Gasteiger charge is 2.31. The topological polar surface area (TPSA) is 101 Å². The number of halogens is 1. The normalized spacial score (nSPS) is 10.3. The Kier molecular flexibility index (Phi) is 4.32. The molecule has 7 heteroatoms. The molecule has 0 heterocycles. The van der Waals surface area contributed by atoms with Crippen molar-refractivity contribution in [1.29, 1.82) is 0 Å². The van der Waals surface area contributed by atoms with Crippen molar-refractivity contribution in [2.45, 2.75) is 0 Å². The zero-order valence-electron chi connectivity index (χ0n) is 3.13. The van der Waals surface area contributed by atoms with Crippen molar-refractivity contribution in [3.05, 3.63) is 0 Å². The predicted octanol–water partition coefficient (Wildman–Crippen LogP) is -2.52. The molecule has 7 heavy (non-hydrogen) atoms. The van der Waals surface area contributed by atoms with Crippen molar-refractivity contribution in [2.75, 3.05) is 0 Å². The predicted molar refractivity (Wildman–Crippen MR) is 18.2 cm³/mol. The van der Waals surface area contributed by atoms with E-state index in [9.17, 15) is 4.53 Å². The van der Waals surface area contributed by atoms with E-state index in [1.807, 2.05) is 0 Å². The molecule has 0 bridgehead atoms. The van der Waals surface area contributed by atoms with Crippen LogP contribution in [0.4, 0.5) is 4.53 Å². The summed E-state index contributed by atoms with van der Waals surface area (Å²) in [6.45, 7) is 0. The summed E-state index contributed by atoms with van der Waals surface area (Å²) in [6.07, 6.45) is 0. The van der Waals surface area contributed by atoms with E-state index < -0.39 is 9.05 Å². The lowest BCUT2D eigenvalue weighted by Gasteiger charge is -1.96. The number of hydrogen-bond acceptors (Lipinski definition) is 4. The number of rotatable bonds is 1. The van der Waals surface area contributed by atoms with E-state index in [0.29, 0.717) is 0 Å². The van der Waals surface area contributed by atoms with Crippen molar-refractivity contribution in [3.63, 3.8) is 0 Å². The van der Waals surface area contributed by atoms with Gasteiger partial charge in [0.05, 0.1) is 0 Å². The van der Waals surface area contributed by atoms with Gasteiger partial charge in [0, 0.05) is 0 Å². The second-order valence-electron chi connectivity index (χ2n) is 0.651. The zero-order valence-corrected chi connectivity index (χ0v) is 4.13. The summed E-state index contributed by atoms with van der Waals surface area (Å²) in [5, 5.41) is 0. The Hall–Kier alpha value is -0.0531. The molecule has 0 radical (unpaired) electrons. The van der Waals surface area contributed by atoms with Crippen molar-refractivity contribution < 1.29 is 29.0 Å². The molecular formula is H5FO5Si. The smallest absolute Gasteiger partial charge is 0.412 e. The molecule has 5 N–H and O–H groups in total. The molecule has 0 fully saturated rings. The molecule has 0 aromatic carbocycles. The lowest BCUT2D eigenvalue weighted by molar-refractivity contribution is -0.111. The Morgan fingerprint density at radius 3 is 1.43 bits per heavy atom. The summed E-state index contributed by atoms with van der Waals surface area (Å²) >= 11 is 0. The second-order valence-corrected chi connectivity index (χ2v) is 1.95. The summed E-state index contributed by atoms with van der Waals surface area (Å²) in [7, 11) is -4.80. The molecule has 0 spiro atoms. The highest BCUT2D eigenvalue weighted by atomic mass is 28.4. The van der Waals surface area contributed by atoms with Gasteiger partial charge in [-0.25, -0.2) is 0 Å². The van der Waals surface area contributed by atoms with Gasteiger partial charge < -0.3 is 19.9 Å². The Balaban J connectivity index is 0. The minimum absolute atomic E-state index is 0. The molecular weight excluding hydrogens is 127 g/mol. The maximum atomic E-state index is 10.3. The van der Waals surface area contributed by atoms with E-state index >= 15 is 0 Å². The zero-order chi connectivity index (χ0) is 5.21. The van der Waals surface area contributed by atoms with Gasteiger partial charge in [0.2, 0.25) is 0 Å². The van der Waals surface area contributed by atoms with Gasteiger partial charge in [-0.05, 0) is 0 Å². The minimum Gasteiger partial charge on any atom is -0.412 e. The first-order valence-electron chi connectivity index (χ1n) is 1.03. The van der Waals surface area contributed by atoms with Crippen LogP contribution in [0.15, 0.2) is 0 Å². The lowest BCUT2D eigenvalue weighted by atomic mass is 15.5. The molecule has 0 atom stereocenters. The summed E-state index contributed by atoms with van der Waals surface area (Å²) in [6, 6.07) is 0. The molecule has 0 aromatic rings. The fourth-order valence-corrected chi connectivity index (χ4v) is 0. The summed E-state index contributed by atoms with van der Waals surface area (Å²) in [4.78, 5) is 22.4. The Morgan fingerprint density at radius 1 is 1.29 bits per heavy atom. The molecule has 0 aliphatic heterocycles. The first kappa shape index (κ1) is 10.0. The van der Waals surface area contributed by atoms with Crippen LogP contribution in [0.3, 0.4) is 0 Å². The molecule has 0 rings (SSSR count). The van der Waals surface area contributed by atoms with Crippen LogP contribution in [0.2, 0.25) is 0 Å². The van der Waals surface area contributed by atoms with Gasteiger partial charge >= 0.3 is 9.05 Å². The van der Waals surface area contributed by atoms with Crippen molar-refractivity contribution in [2.24, 2.45) is 0 Å². The highest BCUT2D eigenvalue weighted by molar-refractivity contribution is 6.48. The molecule has 0 aromatic heterocycles. The van der Waals surface area contributed by atoms with Crippen LogP contribution in [0.25, 0.3) is 0 Å². The van der Waals surface area contributed by atoms with Gasteiger partial charge in [-0.1, -0.05) is 4.53 Å². The Bertz CT molecular complexity index is 37.8. The second kappa shape index (κ2) is 3.02. The molecule has 46 valence electrons. The summed E-state index contributed by atoms with van der Waals surface area (Å²) < 4.78 is 12.6. The van der Waals surface area contributed by atoms with Crippen molar-refractivity contribution in [1.82, 2.24) is 0 Å². The Morgan fingerprint density at radius 2 is 1.43 bits per heavy atom. The summed E-state index contributed by atoms with van der Waals surface area (Å²) in [5.74, 6) is 0. The van der Waals surface area contributed by atoms with Crippen molar-refractivity contribution in [3.8, 4) is 0 Å². The largest absolute Gasteiger partial charge is 0.703 e. The van der Waals surface area contributed by atoms with E-state index in [1.54, 1.807) is 0 Å². The third kappa shape index (κ3) is 10.7. The Labute approximate surface area is 39.3 Å². The first-order chi connectivity index (χ1) is 2.56. The quantitative estimate of drug-likeness (QED) is 0.342. The minimum atomic E-state index is -4.80. The monoisotopic (exact) mass is 132 g/mol. The van der Waals surface area contributed by atoms with Gasteiger partial charge in [0.15, 0.2) is 0 Å². The molecule has 0 aliphatic rings. The first-order valence-corrected chi connectivity index (χ1v) is 2.78. The van der Waals surface area contributed by atoms with E-state index in [4.69, 9.17) is 14.4 Å². The molecule has 0 amide bonds. The molecule has 5 nitrogen and oxygen atoms in total. The van der Waals surface area contributed by atoms with Gasteiger partial charge in [-0.3, -0.25) is 0 Å². The van der Waals surface area contributed by atoms with Crippen LogP contribution >= 0.6 is 0 Å². The van der Waals surface area contributed by atoms with E-state index in [2.05, 4.69) is 4.63 Å². The summed E-state index contributed by atoms with van der Waals surface area (Å²) in [5.41, 5.74) is 0. The van der Waals surface area contributed by atoms with Crippen LogP contribution in [-0.4, -0.2) is 28.9 Å². The van der Waals surface area contributed by atoms with Gasteiger partial charge in [-0.2, -0.15) is 4.63 Å². The van der Waals surface area contributed by atoms with E-state index in [-0.39, 0.29) is 5.48 Å². The molecule has 0 saturated heterocycles. The third-order valence-electron chi connectivity index (χ3n) is 0.104. The highest BCUT2D eigenvalue weighted by Crippen LogP contribution is 1.85. The van der Waals surface area contributed by atoms with Crippen LogP contribution in [0, 0.1) is 0 Å². The van der Waals surface area contributed by atoms with Crippen LogP contribution in [0.5, 0.6) is 0 Å². The van der Waals surface area contributed by atoms with Crippen molar-refractivity contribution >= 4 is 9.05 Å². The SMILES string of the molecule is O.O[Si](O)(O)OF. The van der Waals surface area contributed by atoms with Gasteiger partial charge in [-0.15, -0.1) is 0 Å². The van der Waals surface area contributed by atoms with Crippen LogP contribution in [-0.2, 0) is 4.63 Å². The van der Waals surface area contributed by atoms with Gasteiger partial charge in [0.25, 0.3) is 0 Å². The fourth-order valence-electron chi connectivity index (χ4n) is 0. The van der Waals surface area contributed by atoms with Gasteiger partial charge in [0.1, 0.15) is 0 Å². The van der Waals surface area contributed by atoms with Crippen LogP contribution < -0.4 is 0 Å². The third-order valence-corrected chi connectivity index (χ3v) is 0.311. The maximum absolute atomic E-state index is 10.3. The molecule has 0 unspecified atom stereocenters. The van der Waals surface area contributed by atoms with E-state index in [0.717, 1.165) is 0 Å². The lowest BCUT2D eigenvalue weighted by Crippen LogP contribution is -2.35. The molecule has 0 aliphatic carbocycles. The maximum Gasteiger partial charge on any atom is 0.703 e. The van der Waals surface area contributed by atoms with E-state index in [1.165, 1.54) is 0 Å². The standard InChI is InChI=1S/FH3O4Si.H2O/c1-5-6(2,3)4;/h2-4H;1H2. The van der Waals surface area contributed by atoms with Crippen LogP contribution in [0.1, 0.15) is 0 Å². The average molecular weight is 132 g/mol. The molecule has 0 saturated carbocycles.